The van der Waals surface area contributed by atoms with E-state index in [1.807, 2.05) is 0 Å². The van der Waals surface area contributed by atoms with Gasteiger partial charge in [0.2, 0.25) is 0 Å². The van der Waals surface area contributed by atoms with Crippen LogP contribution in [0.3, 0.4) is 0 Å². The second kappa shape index (κ2) is 4.83. The molecule has 3 atom stereocenters. The molecule has 12 heavy (non-hydrogen) atoms. The fourth-order valence-electron chi connectivity index (χ4n) is 1.63. The normalized spacial score (nSPS) is 32.2. The maximum absolute atomic E-state index is 3.56. The molecule has 1 aliphatic heterocycles. The minimum atomic E-state index is 0.679. The molecule has 2 heteroatoms. The molecular formula is C10H22N2. The molecule has 2 nitrogen and oxygen atoms in total. The van der Waals surface area contributed by atoms with Gasteiger partial charge >= 0.3 is 0 Å². The zero-order chi connectivity index (χ0) is 8.97. The third-order valence-electron chi connectivity index (χ3n) is 3.02. The summed E-state index contributed by atoms with van der Waals surface area (Å²) < 4.78 is 0. The monoisotopic (exact) mass is 170 g/mol. The van der Waals surface area contributed by atoms with Gasteiger partial charge in [-0.25, -0.2) is 0 Å². The molecule has 0 spiro atoms. The van der Waals surface area contributed by atoms with Gasteiger partial charge < -0.3 is 10.6 Å². The predicted octanol–water partition coefficient (Wildman–Crippen LogP) is 1.23. The summed E-state index contributed by atoms with van der Waals surface area (Å²) >= 11 is 0. The number of rotatable bonds is 4. The molecule has 0 amide bonds. The van der Waals surface area contributed by atoms with E-state index in [1.54, 1.807) is 0 Å². The Hall–Kier alpha value is -0.0800. The van der Waals surface area contributed by atoms with Crippen LogP contribution in [0, 0.1) is 11.8 Å². The maximum atomic E-state index is 3.56. The molecule has 0 radical (unpaired) electrons. The average Bonchev–Trinajstić information content (AvgIpc) is 2.47. The SMILES string of the molecule is CCC(C)NC[C@@H]1CNC[C@H]1C. The first-order valence-electron chi connectivity index (χ1n) is 5.18. The van der Waals surface area contributed by atoms with Crippen molar-refractivity contribution in [2.24, 2.45) is 11.8 Å². The first-order chi connectivity index (χ1) is 5.74. The van der Waals surface area contributed by atoms with Crippen molar-refractivity contribution < 1.29 is 0 Å². The third-order valence-corrected chi connectivity index (χ3v) is 3.02. The average molecular weight is 170 g/mol. The van der Waals surface area contributed by atoms with E-state index in [0.717, 1.165) is 11.8 Å². The van der Waals surface area contributed by atoms with E-state index in [0.29, 0.717) is 6.04 Å². The van der Waals surface area contributed by atoms with Crippen molar-refractivity contribution in [2.75, 3.05) is 19.6 Å². The zero-order valence-electron chi connectivity index (χ0n) is 8.56. The van der Waals surface area contributed by atoms with Gasteiger partial charge in [-0.15, -0.1) is 0 Å². The molecule has 0 aromatic rings. The molecule has 0 aliphatic carbocycles. The Balaban J connectivity index is 2.13. The Morgan fingerprint density at radius 3 is 2.75 bits per heavy atom. The Labute approximate surface area is 76.1 Å². The van der Waals surface area contributed by atoms with Gasteiger partial charge in [0.1, 0.15) is 0 Å². The summed E-state index contributed by atoms with van der Waals surface area (Å²) in [6, 6.07) is 0.679. The lowest BCUT2D eigenvalue weighted by Crippen LogP contribution is -2.33. The molecule has 1 saturated heterocycles. The molecule has 0 aromatic carbocycles. The van der Waals surface area contributed by atoms with E-state index >= 15 is 0 Å². The Kier molecular flexibility index (Phi) is 4.02. The van der Waals surface area contributed by atoms with E-state index in [2.05, 4.69) is 31.4 Å². The summed E-state index contributed by atoms with van der Waals surface area (Å²) in [4.78, 5) is 0. The molecule has 1 fully saturated rings. The van der Waals surface area contributed by atoms with Crippen molar-refractivity contribution in [2.45, 2.75) is 33.2 Å². The van der Waals surface area contributed by atoms with E-state index in [9.17, 15) is 0 Å². The van der Waals surface area contributed by atoms with Crippen LogP contribution in [0.1, 0.15) is 27.2 Å². The number of nitrogens with one attached hydrogen (secondary N) is 2. The predicted molar refractivity (Wildman–Crippen MR) is 53.3 cm³/mol. The van der Waals surface area contributed by atoms with E-state index < -0.39 is 0 Å². The smallest absolute Gasteiger partial charge is 0.00362 e. The highest BCUT2D eigenvalue weighted by Gasteiger charge is 2.22. The lowest BCUT2D eigenvalue weighted by Gasteiger charge is -2.18. The first-order valence-corrected chi connectivity index (χ1v) is 5.18. The third kappa shape index (κ3) is 2.76. The van der Waals surface area contributed by atoms with E-state index in [-0.39, 0.29) is 0 Å². The van der Waals surface area contributed by atoms with Crippen molar-refractivity contribution in [1.82, 2.24) is 10.6 Å². The largest absolute Gasteiger partial charge is 0.316 e. The van der Waals surface area contributed by atoms with Crippen molar-refractivity contribution in [3.05, 3.63) is 0 Å². The summed E-state index contributed by atoms with van der Waals surface area (Å²) in [7, 11) is 0. The van der Waals surface area contributed by atoms with Gasteiger partial charge in [0.25, 0.3) is 0 Å². The van der Waals surface area contributed by atoms with Crippen LogP contribution >= 0.6 is 0 Å². The highest BCUT2D eigenvalue weighted by Crippen LogP contribution is 2.14. The molecular weight excluding hydrogens is 148 g/mol. The molecule has 0 aromatic heterocycles. The van der Waals surface area contributed by atoms with Crippen molar-refractivity contribution in [3.63, 3.8) is 0 Å². The lowest BCUT2D eigenvalue weighted by molar-refractivity contribution is 0.392. The Morgan fingerprint density at radius 1 is 1.50 bits per heavy atom. The molecule has 1 rings (SSSR count). The molecule has 72 valence electrons. The fraction of sp³-hybridized carbons (Fsp3) is 1.00. The Bertz CT molecular complexity index is 125. The Morgan fingerprint density at radius 2 is 2.25 bits per heavy atom. The van der Waals surface area contributed by atoms with Crippen LogP contribution in [0.4, 0.5) is 0 Å². The van der Waals surface area contributed by atoms with Gasteiger partial charge in [-0.1, -0.05) is 13.8 Å². The highest BCUT2D eigenvalue weighted by atomic mass is 15.0. The molecule has 1 heterocycles. The summed E-state index contributed by atoms with van der Waals surface area (Å²) in [6.07, 6.45) is 1.23. The maximum Gasteiger partial charge on any atom is 0.00362 e. The summed E-state index contributed by atoms with van der Waals surface area (Å²) in [5.74, 6) is 1.69. The van der Waals surface area contributed by atoms with Crippen molar-refractivity contribution in [1.29, 1.82) is 0 Å². The van der Waals surface area contributed by atoms with Gasteiger partial charge in [-0.05, 0) is 44.8 Å². The van der Waals surface area contributed by atoms with Crippen LogP contribution in [0.2, 0.25) is 0 Å². The van der Waals surface area contributed by atoms with Crippen LogP contribution in [0.25, 0.3) is 0 Å². The molecule has 0 saturated carbocycles. The van der Waals surface area contributed by atoms with E-state index in [1.165, 1.54) is 26.1 Å². The summed E-state index contributed by atoms with van der Waals surface area (Å²) in [6.45, 7) is 10.4. The van der Waals surface area contributed by atoms with Gasteiger partial charge in [0.15, 0.2) is 0 Å². The second-order valence-electron chi connectivity index (χ2n) is 4.11. The fourth-order valence-corrected chi connectivity index (χ4v) is 1.63. The van der Waals surface area contributed by atoms with Crippen molar-refractivity contribution >= 4 is 0 Å². The number of hydrogen-bond donors (Lipinski definition) is 2. The lowest BCUT2D eigenvalue weighted by atomic mass is 9.98. The van der Waals surface area contributed by atoms with Gasteiger partial charge in [-0.3, -0.25) is 0 Å². The van der Waals surface area contributed by atoms with Crippen LogP contribution in [-0.4, -0.2) is 25.7 Å². The standard InChI is InChI=1S/C10H22N2/c1-4-9(3)12-7-10-6-11-5-8(10)2/h8-12H,4-7H2,1-3H3/t8-,9?,10+/m1/s1. The summed E-state index contributed by atoms with van der Waals surface area (Å²) in [5, 5.41) is 6.99. The topological polar surface area (TPSA) is 24.1 Å². The molecule has 2 N–H and O–H groups in total. The summed E-state index contributed by atoms with van der Waals surface area (Å²) in [5.41, 5.74) is 0. The van der Waals surface area contributed by atoms with Crippen LogP contribution in [-0.2, 0) is 0 Å². The van der Waals surface area contributed by atoms with Gasteiger partial charge in [0, 0.05) is 6.04 Å². The molecule has 1 aliphatic rings. The minimum Gasteiger partial charge on any atom is -0.316 e. The minimum absolute atomic E-state index is 0.679. The molecule has 0 bridgehead atoms. The quantitative estimate of drug-likeness (QED) is 0.663. The van der Waals surface area contributed by atoms with Crippen LogP contribution < -0.4 is 10.6 Å². The van der Waals surface area contributed by atoms with Crippen LogP contribution in [0.5, 0.6) is 0 Å². The van der Waals surface area contributed by atoms with Crippen LogP contribution in [0.15, 0.2) is 0 Å². The number of hydrogen-bond acceptors (Lipinski definition) is 2. The highest BCUT2D eigenvalue weighted by molar-refractivity contribution is 4.80. The second-order valence-corrected chi connectivity index (χ2v) is 4.11. The van der Waals surface area contributed by atoms with Gasteiger partial charge in [0.05, 0.1) is 0 Å². The molecule has 1 unspecified atom stereocenters. The van der Waals surface area contributed by atoms with E-state index in [4.69, 9.17) is 0 Å². The zero-order valence-corrected chi connectivity index (χ0v) is 8.56. The van der Waals surface area contributed by atoms with Gasteiger partial charge in [-0.2, -0.15) is 0 Å². The first kappa shape index (κ1) is 10.0. The van der Waals surface area contributed by atoms with Crippen molar-refractivity contribution in [3.8, 4) is 0 Å².